The van der Waals surface area contributed by atoms with Gasteiger partial charge in [-0.3, -0.25) is 4.79 Å². The number of aromatic nitrogens is 2. The number of nitrogens with one attached hydrogen (secondary N) is 1. The Hall–Kier alpha value is -2.74. The zero-order valence-corrected chi connectivity index (χ0v) is 20.5. The molecule has 1 saturated heterocycles. The highest BCUT2D eigenvalue weighted by atomic mass is 19.1. The number of anilines is 3. The van der Waals surface area contributed by atoms with Gasteiger partial charge in [0.1, 0.15) is 11.6 Å². The summed E-state index contributed by atoms with van der Waals surface area (Å²) in [5.41, 5.74) is 7.84. The fraction of sp³-hybridized carbons (Fsp3) is 0.593. The highest BCUT2D eigenvalue weighted by molar-refractivity contribution is 5.79. The second-order valence-corrected chi connectivity index (χ2v) is 10.0. The van der Waals surface area contributed by atoms with Crippen molar-refractivity contribution >= 4 is 23.4 Å². The summed E-state index contributed by atoms with van der Waals surface area (Å²) in [5.74, 6) is 1.40. The van der Waals surface area contributed by atoms with Crippen LogP contribution in [0.1, 0.15) is 82.1 Å². The summed E-state index contributed by atoms with van der Waals surface area (Å²) in [6, 6.07) is 6.00. The molecule has 1 aromatic carbocycles. The third kappa shape index (κ3) is 7.13. The maximum absolute atomic E-state index is 13.0. The van der Waals surface area contributed by atoms with Crippen LogP contribution in [0, 0.1) is 11.7 Å². The SMILES string of the molecule is Nc1nc(Nc2ccc(F)cc2)ncc1C1CCN(C(=O)C2CCCC2)CC1.OC1CCCCC1. The number of hydrogen-bond acceptors (Lipinski definition) is 6. The molecule has 2 aliphatic carbocycles. The van der Waals surface area contributed by atoms with Crippen molar-refractivity contribution in [2.24, 2.45) is 5.92 Å². The number of carbonyl (C=O) groups is 1. The van der Waals surface area contributed by atoms with Crippen LogP contribution in [0.2, 0.25) is 0 Å². The second kappa shape index (κ2) is 12.3. The van der Waals surface area contributed by atoms with Crippen LogP contribution < -0.4 is 11.1 Å². The van der Waals surface area contributed by atoms with Crippen LogP contribution in [-0.2, 0) is 4.79 Å². The lowest BCUT2D eigenvalue weighted by Crippen LogP contribution is -2.40. The molecule has 0 unspecified atom stereocenters. The Balaban J connectivity index is 0.000000356. The van der Waals surface area contributed by atoms with Gasteiger partial charge in [0.2, 0.25) is 11.9 Å². The molecule has 1 aliphatic heterocycles. The molecule has 1 amide bonds. The predicted molar refractivity (Wildman–Crippen MR) is 136 cm³/mol. The summed E-state index contributed by atoms with van der Waals surface area (Å²) in [6.45, 7) is 1.55. The fourth-order valence-electron chi connectivity index (χ4n) is 5.36. The molecule has 3 aliphatic rings. The molecule has 0 atom stereocenters. The molecule has 0 radical (unpaired) electrons. The lowest BCUT2D eigenvalue weighted by molar-refractivity contribution is -0.136. The molecule has 0 spiro atoms. The van der Waals surface area contributed by atoms with Crippen molar-refractivity contribution in [3.05, 3.63) is 41.8 Å². The predicted octanol–water partition coefficient (Wildman–Crippen LogP) is 5.15. The van der Waals surface area contributed by atoms with Crippen LogP contribution in [0.25, 0.3) is 0 Å². The van der Waals surface area contributed by atoms with E-state index in [0.717, 1.165) is 57.2 Å². The quantitative estimate of drug-likeness (QED) is 0.556. The molecule has 2 aromatic rings. The van der Waals surface area contributed by atoms with Crippen molar-refractivity contribution in [2.75, 3.05) is 24.1 Å². The number of likely N-dealkylation sites (tertiary alicyclic amines) is 1. The Morgan fingerprint density at radius 3 is 2.17 bits per heavy atom. The van der Waals surface area contributed by atoms with E-state index in [1.807, 2.05) is 4.90 Å². The van der Waals surface area contributed by atoms with Crippen LogP contribution in [0.3, 0.4) is 0 Å². The third-order valence-corrected chi connectivity index (χ3v) is 7.47. The normalized spacial score (nSPS) is 19.8. The van der Waals surface area contributed by atoms with Gasteiger partial charge in [-0.05, 0) is 68.7 Å². The molecule has 2 heterocycles. The van der Waals surface area contributed by atoms with Crippen molar-refractivity contribution in [3.63, 3.8) is 0 Å². The number of hydrogen-bond donors (Lipinski definition) is 3. The zero-order valence-electron chi connectivity index (χ0n) is 20.5. The first-order valence-electron chi connectivity index (χ1n) is 13.1. The molecule has 8 heteroatoms. The number of nitrogens with zero attached hydrogens (tertiary/aromatic N) is 3. The van der Waals surface area contributed by atoms with Gasteiger partial charge >= 0.3 is 0 Å². The van der Waals surface area contributed by atoms with Gasteiger partial charge in [-0.25, -0.2) is 9.37 Å². The van der Waals surface area contributed by atoms with E-state index in [-0.39, 0.29) is 23.8 Å². The number of halogens is 1. The number of carbonyl (C=O) groups excluding carboxylic acids is 1. The lowest BCUT2D eigenvalue weighted by Gasteiger charge is -2.34. The van der Waals surface area contributed by atoms with Gasteiger partial charge in [-0.1, -0.05) is 32.1 Å². The molecule has 2 saturated carbocycles. The molecule has 0 bridgehead atoms. The summed E-state index contributed by atoms with van der Waals surface area (Å²) < 4.78 is 13.0. The lowest BCUT2D eigenvalue weighted by atomic mass is 9.90. The van der Waals surface area contributed by atoms with Crippen LogP contribution in [-0.4, -0.2) is 45.1 Å². The molecule has 1 aromatic heterocycles. The zero-order chi connectivity index (χ0) is 24.6. The first kappa shape index (κ1) is 25.4. The van der Waals surface area contributed by atoms with Crippen LogP contribution >= 0.6 is 0 Å². The average Bonchev–Trinajstić information content (AvgIpc) is 3.41. The second-order valence-electron chi connectivity index (χ2n) is 10.0. The number of piperidine rings is 1. The van der Waals surface area contributed by atoms with Gasteiger partial charge in [0.25, 0.3) is 0 Å². The maximum atomic E-state index is 13.0. The van der Waals surface area contributed by atoms with Gasteiger partial charge in [0.15, 0.2) is 0 Å². The van der Waals surface area contributed by atoms with E-state index in [1.54, 1.807) is 18.3 Å². The first-order chi connectivity index (χ1) is 17.0. The monoisotopic (exact) mass is 483 g/mol. The summed E-state index contributed by atoms with van der Waals surface area (Å²) in [5, 5.41) is 11.9. The van der Waals surface area contributed by atoms with Gasteiger partial charge in [0.05, 0.1) is 6.10 Å². The number of aliphatic hydroxyl groups excluding tert-OH is 1. The molecule has 7 nitrogen and oxygen atoms in total. The fourth-order valence-corrected chi connectivity index (χ4v) is 5.36. The topological polar surface area (TPSA) is 104 Å². The largest absolute Gasteiger partial charge is 0.393 e. The molecule has 4 N–H and O–H groups in total. The van der Waals surface area contributed by atoms with Crippen molar-refractivity contribution in [1.29, 1.82) is 0 Å². The number of nitrogen functional groups attached to an aromatic ring is 1. The minimum atomic E-state index is -0.293. The average molecular weight is 484 g/mol. The first-order valence-corrected chi connectivity index (χ1v) is 13.1. The molecule has 3 fully saturated rings. The van der Waals surface area contributed by atoms with Gasteiger partial charge in [-0.15, -0.1) is 0 Å². The number of aliphatic hydroxyl groups is 1. The van der Waals surface area contributed by atoms with E-state index in [9.17, 15) is 9.18 Å². The summed E-state index contributed by atoms with van der Waals surface area (Å²) >= 11 is 0. The molecule has 190 valence electrons. The van der Waals surface area contributed by atoms with Gasteiger partial charge in [-0.2, -0.15) is 4.98 Å². The molecule has 5 rings (SSSR count). The third-order valence-electron chi connectivity index (χ3n) is 7.47. The van der Waals surface area contributed by atoms with Crippen molar-refractivity contribution in [3.8, 4) is 0 Å². The highest BCUT2D eigenvalue weighted by Gasteiger charge is 2.31. The molecular formula is C27H38FN5O2. The van der Waals surface area contributed by atoms with Crippen LogP contribution in [0.5, 0.6) is 0 Å². The van der Waals surface area contributed by atoms with E-state index in [2.05, 4.69) is 15.3 Å². The van der Waals surface area contributed by atoms with Crippen LogP contribution in [0.4, 0.5) is 21.8 Å². The smallest absolute Gasteiger partial charge is 0.229 e. The Morgan fingerprint density at radius 1 is 0.971 bits per heavy atom. The van der Waals surface area contributed by atoms with E-state index in [4.69, 9.17) is 10.8 Å². The van der Waals surface area contributed by atoms with Gasteiger partial charge in [0, 0.05) is 36.5 Å². The standard InChI is InChI=1S/C21H26FN5O.C6H12O/c22-16-5-7-17(8-6-16)25-21-24-13-18(19(23)26-21)14-9-11-27(12-10-14)20(28)15-3-1-2-4-15;7-6-4-2-1-3-5-6/h5-8,13-15H,1-4,9-12H2,(H3,23,24,25,26);6-7H,1-5H2. The van der Waals surface area contributed by atoms with E-state index < -0.39 is 0 Å². The Labute approximate surface area is 207 Å². The molecule has 35 heavy (non-hydrogen) atoms. The van der Waals surface area contributed by atoms with Crippen molar-refractivity contribution in [1.82, 2.24) is 14.9 Å². The Kier molecular flexibility index (Phi) is 8.90. The van der Waals surface area contributed by atoms with E-state index in [1.165, 1.54) is 44.2 Å². The summed E-state index contributed by atoms with van der Waals surface area (Å²) in [6.07, 6.45) is 13.9. The van der Waals surface area contributed by atoms with E-state index >= 15 is 0 Å². The van der Waals surface area contributed by atoms with E-state index in [0.29, 0.717) is 23.4 Å². The highest BCUT2D eigenvalue weighted by Crippen LogP contribution is 2.33. The number of rotatable bonds is 4. The van der Waals surface area contributed by atoms with Crippen LogP contribution in [0.15, 0.2) is 30.5 Å². The number of benzene rings is 1. The van der Waals surface area contributed by atoms with Crippen molar-refractivity contribution in [2.45, 2.75) is 82.7 Å². The van der Waals surface area contributed by atoms with Gasteiger partial charge < -0.3 is 21.1 Å². The maximum Gasteiger partial charge on any atom is 0.229 e. The number of amides is 1. The molecular weight excluding hydrogens is 445 g/mol. The Morgan fingerprint density at radius 2 is 1.60 bits per heavy atom. The Bertz CT molecular complexity index is 951. The summed E-state index contributed by atoms with van der Waals surface area (Å²) in [4.78, 5) is 23.4. The minimum absolute atomic E-state index is 0.0359. The summed E-state index contributed by atoms with van der Waals surface area (Å²) in [7, 11) is 0. The number of nitrogens with two attached hydrogens (primary N) is 1. The minimum Gasteiger partial charge on any atom is -0.393 e. The van der Waals surface area contributed by atoms with Crippen molar-refractivity contribution < 1.29 is 14.3 Å².